The van der Waals surface area contributed by atoms with Crippen LogP contribution in [0.5, 0.6) is 0 Å². The fraction of sp³-hybridized carbons (Fsp3) is 0.261. The standard InChI is InChI=1S/C23H21N7O/c1-12-16(11-25-27-12)22-15-5-3-2-4-14(15)20-17(26-22)6-7-18-21(20)23(30-29-18)19(31)10-13-8-9-24-28-13/h6-9,11H,2-5,10H2,1H3,(H,24,28)(H,25,27)(H,29,30). The molecular formula is C23H21N7O. The molecule has 0 fully saturated rings. The van der Waals surface area contributed by atoms with Crippen LogP contribution in [0.4, 0.5) is 0 Å². The molecule has 1 aromatic carbocycles. The molecule has 0 radical (unpaired) electrons. The van der Waals surface area contributed by atoms with Crippen molar-refractivity contribution in [3.63, 3.8) is 0 Å². The van der Waals surface area contributed by atoms with Crippen LogP contribution in [0.1, 0.15) is 45.8 Å². The van der Waals surface area contributed by atoms with Crippen molar-refractivity contribution in [2.24, 2.45) is 0 Å². The number of rotatable bonds is 4. The first-order chi connectivity index (χ1) is 15.2. The lowest BCUT2D eigenvalue weighted by Crippen LogP contribution is -2.09. The third-order valence-corrected chi connectivity index (χ3v) is 6.25. The van der Waals surface area contributed by atoms with E-state index in [0.29, 0.717) is 5.69 Å². The number of H-pyrrole nitrogens is 3. The van der Waals surface area contributed by atoms with E-state index in [4.69, 9.17) is 4.98 Å². The molecule has 5 aromatic rings. The molecule has 8 nitrogen and oxygen atoms in total. The number of benzene rings is 1. The third-order valence-electron chi connectivity index (χ3n) is 6.25. The van der Waals surface area contributed by atoms with Crippen molar-refractivity contribution in [3.8, 4) is 11.3 Å². The normalized spacial score (nSPS) is 13.7. The minimum absolute atomic E-state index is 0.0395. The van der Waals surface area contributed by atoms with E-state index in [0.717, 1.165) is 70.1 Å². The van der Waals surface area contributed by atoms with Gasteiger partial charge in [-0.25, -0.2) is 4.98 Å². The lowest BCUT2D eigenvalue weighted by molar-refractivity contribution is 0.0988. The zero-order valence-corrected chi connectivity index (χ0v) is 17.1. The summed E-state index contributed by atoms with van der Waals surface area (Å²) >= 11 is 0. The Kier molecular flexibility index (Phi) is 3.99. The van der Waals surface area contributed by atoms with E-state index in [1.54, 1.807) is 6.20 Å². The van der Waals surface area contributed by atoms with Crippen LogP contribution in [-0.2, 0) is 19.3 Å². The highest BCUT2D eigenvalue weighted by Crippen LogP contribution is 2.39. The highest BCUT2D eigenvalue weighted by Gasteiger charge is 2.25. The average Bonchev–Trinajstić information content (AvgIpc) is 3.53. The number of aryl methyl sites for hydroxylation is 2. The number of aromatic nitrogens is 7. The Morgan fingerprint density at radius 3 is 2.65 bits per heavy atom. The predicted molar refractivity (Wildman–Crippen MR) is 117 cm³/mol. The largest absolute Gasteiger partial charge is 0.292 e. The van der Waals surface area contributed by atoms with E-state index in [-0.39, 0.29) is 12.2 Å². The van der Waals surface area contributed by atoms with E-state index < -0.39 is 0 Å². The quantitative estimate of drug-likeness (QED) is 0.389. The first-order valence-electron chi connectivity index (χ1n) is 10.5. The number of fused-ring (bicyclic) bond motifs is 5. The van der Waals surface area contributed by atoms with Crippen molar-refractivity contribution in [3.05, 3.63) is 58.8 Å². The molecule has 4 heterocycles. The predicted octanol–water partition coefficient (Wildman–Crippen LogP) is 3.84. The fourth-order valence-electron chi connectivity index (χ4n) is 4.79. The van der Waals surface area contributed by atoms with Crippen molar-refractivity contribution in [2.45, 2.75) is 39.0 Å². The number of hydrogen-bond acceptors (Lipinski definition) is 5. The van der Waals surface area contributed by atoms with Crippen LogP contribution in [0.25, 0.3) is 33.1 Å². The van der Waals surface area contributed by atoms with Crippen LogP contribution < -0.4 is 0 Å². The van der Waals surface area contributed by atoms with Crippen molar-refractivity contribution in [1.82, 2.24) is 35.6 Å². The smallest absolute Gasteiger partial charge is 0.189 e. The highest BCUT2D eigenvalue weighted by atomic mass is 16.1. The van der Waals surface area contributed by atoms with E-state index in [9.17, 15) is 4.79 Å². The Hall–Kier alpha value is -3.81. The lowest BCUT2D eigenvalue weighted by Gasteiger charge is -2.21. The Balaban J connectivity index is 1.62. The topological polar surface area (TPSA) is 116 Å². The molecule has 6 rings (SSSR count). The number of aromatic amines is 3. The third kappa shape index (κ3) is 2.78. The SMILES string of the molecule is Cc1[nH]ncc1-c1nc2ccc3[nH]nc(C(=O)Cc4ccn[nH]4)c3c2c2c1CCCC2. The van der Waals surface area contributed by atoms with Gasteiger partial charge < -0.3 is 0 Å². The van der Waals surface area contributed by atoms with Crippen molar-refractivity contribution < 1.29 is 4.79 Å². The summed E-state index contributed by atoms with van der Waals surface area (Å²) < 4.78 is 0. The monoisotopic (exact) mass is 411 g/mol. The van der Waals surface area contributed by atoms with Gasteiger partial charge >= 0.3 is 0 Å². The van der Waals surface area contributed by atoms with Crippen molar-refractivity contribution >= 4 is 27.6 Å². The number of carbonyl (C=O) groups is 1. The Morgan fingerprint density at radius 1 is 1.00 bits per heavy atom. The van der Waals surface area contributed by atoms with Gasteiger partial charge in [-0.2, -0.15) is 15.3 Å². The minimum Gasteiger partial charge on any atom is -0.292 e. The number of carbonyl (C=O) groups excluding carboxylic acids is 1. The summed E-state index contributed by atoms with van der Waals surface area (Å²) in [5.74, 6) is -0.0395. The summed E-state index contributed by atoms with van der Waals surface area (Å²) in [5, 5.41) is 23.5. The summed E-state index contributed by atoms with van der Waals surface area (Å²) in [6, 6.07) is 5.80. The van der Waals surface area contributed by atoms with E-state index >= 15 is 0 Å². The molecule has 8 heteroatoms. The van der Waals surface area contributed by atoms with Gasteiger partial charge in [-0.15, -0.1) is 0 Å². The maximum Gasteiger partial charge on any atom is 0.189 e. The zero-order valence-electron chi connectivity index (χ0n) is 17.1. The molecule has 0 amide bonds. The maximum atomic E-state index is 13.1. The van der Waals surface area contributed by atoms with Gasteiger partial charge in [0.2, 0.25) is 0 Å². The number of pyridine rings is 1. The van der Waals surface area contributed by atoms with Crippen molar-refractivity contribution in [2.75, 3.05) is 0 Å². The second-order valence-electron chi connectivity index (χ2n) is 8.17. The Bertz CT molecular complexity index is 1440. The number of nitrogens with zero attached hydrogens (tertiary/aromatic N) is 4. The van der Waals surface area contributed by atoms with Gasteiger partial charge in [-0.1, -0.05) is 0 Å². The summed E-state index contributed by atoms with van der Waals surface area (Å²) in [5.41, 5.74) is 8.61. The molecule has 0 saturated heterocycles. The summed E-state index contributed by atoms with van der Waals surface area (Å²) in [6.45, 7) is 2.02. The molecule has 0 bridgehead atoms. The highest BCUT2D eigenvalue weighted by molar-refractivity contribution is 6.17. The molecule has 1 aliphatic carbocycles. The summed E-state index contributed by atoms with van der Waals surface area (Å²) in [4.78, 5) is 18.2. The molecule has 1 aliphatic rings. The molecule has 0 saturated carbocycles. The fourth-order valence-corrected chi connectivity index (χ4v) is 4.79. The first kappa shape index (κ1) is 18.0. The molecular weight excluding hydrogens is 390 g/mol. The minimum atomic E-state index is -0.0395. The van der Waals surface area contributed by atoms with Gasteiger partial charge in [0, 0.05) is 33.9 Å². The second kappa shape index (κ2) is 6.87. The Labute approximate surface area is 177 Å². The molecule has 3 N–H and O–H groups in total. The van der Waals surface area contributed by atoms with Gasteiger partial charge in [0.15, 0.2) is 5.78 Å². The van der Waals surface area contributed by atoms with Gasteiger partial charge in [0.1, 0.15) is 5.69 Å². The van der Waals surface area contributed by atoms with Gasteiger partial charge in [-0.05, 0) is 61.9 Å². The second-order valence-corrected chi connectivity index (χ2v) is 8.17. The molecule has 154 valence electrons. The molecule has 31 heavy (non-hydrogen) atoms. The summed E-state index contributed by atoms with van der Waals surface area (Å²) in [6.07, 6.45) is 7.95. The number of hydrogen-bond donors (Lipinski definition) is 3. The molecule has 0 atom stereocenters. The molecule has 0 unspecified atom stereocenters. The van der Waals surface area contributed by atoms with Gasteiger partial charge in [0.25, 0.3) is 0 Å². The van der Waals surface area contributed by atoms with Crippen LogP contribution in [0.3, 0.4) is 0 Å². The number of Topliss-reactive ketones (excluding diaryl/α,β-unsaturated/α-hetero) is 1. The zero-order chi connectivity index (χ0) is 20.9. The molecule has 0 aliphatic heterocycles. The Morgan fingerprint density at radius 2 is 1.87 bits per heavy atom. The van der Waals surface area contributed by atoms with Crippen LogP contribution in [-0.4, -0.2) is 41.4 Å². The average molecular weight is 411 g/mol. The van der Waals surface area contributed by atoms with Gasteiger partial charge in [0.05, 0.1) is 29.3 Å². The lowest BCUT2D eigenvalue weighted by atomic mass is 9.85. The first-order valence-corrected chi connectivity index (χ1v) is 10.5. The van der Waals surface area contributed by atoms with Crippen LogP contribution >= 0.6 is 0 Å². The summed E-state index contributed by atoms with van der Waals surface area (Å²) in [7, 11) is 0. The molecule has 4 aromatic heterocycles. The van der Waals surface area contributed by atoms with E-state index in [1.165, 1.54) is 11.1 Å². The van der Waals surface area contributed by atoms with E-state index in [1.807, 2.05) is 31.3 Å². The number of ketones is 1. The van der Waals surface area contributed by atoms with Crippen LogP contribution in [0.2, 0.25) is 0 Å². The molecule has 0 spiro atoms. The van der Waals surface area contributed by atoms with Crippen molar-refractivity contribution in [1.29, 1.82) is 0 Å². The van der Waals surface area contributed by atoms with Crippen LogP contribution in [0, 0.1) is 6.92 Å². The van der Waals surface area contributed by atoms with Crippen LogP contribution in [0.15, 0.2) is 30.6 Å². The maximum absolute atomic E-state index is 13.1. The number of nitrogens with one attached hydrogen (secondary N) is 3. The van der Waals surface area contributed by atoms with Gasteiger partial charge in [-0.3, -0.25) is 20.1 Å². The van der Waals surface area contributed by atoms with E-state index in [2.05, 4.69) is 30.6 Å².